The Bertz CT molecular complexity index is 1500. The van der Waals surface area contributed by atoms with E-state index in [4.69, 9.17) is 4.74 Å². The van der Waals surface area contributed by atoms with Crippen LogP contribution in [0.5, 0.6) is 5.75 Å². The van der Waals surface area contributed by atoms with Crippen LogP contribution in [-0.4, -0.2) is 36.4 Å². The van der Waals surface area contributed by atoms with Gasteiger partial charge in [-0.2, -0.15) is 0 Å². The van der Waals surface area contributed by atoms with E-state index in [0.29, 0.717) is 17.9 Å². The number of carbonyl (C=O) groups excluding carboxylic acids is 2. The SMILES string of the molecule is Cc1ccc(N2C(=O)c3ccccc3N(Cc3ccccc3)[C@H]2c2ccc(OCC(=O)N3CCCCC3)cc2)cc1. The van der Waals surface area contributed by atoms with Gasteiger partial charge in [0, 0.05) is 25.3 Å². The van der Waals surface area contributed by atoms with Crippen LogP contribution in [0.4, 0.5) is 11.4 Å². The van der Waals surface area contributed by atoms with Gasteiger partial charge < -0.3 is 14.5 Å². The molecule has 6 heteroatoms. The maximum atomic E-state index is 14.1. The highest BCUT2D eigenvalue weighted by Gasteiger charge is 2.39. The minimum absolute atomic E-state index is 0.0304. The fourth-order valence-electron chi connectivity index (χ4n) is 5.78. The molecular formula is C35H35N3O3. The van der Waals surface area contributed by atoms with Crippen molar-refractivity contribution in [3.8, 4) is 5.75 Å². The molecule has 208 valence electrons. The summed E-state index contributed by atoms with van der Waals surface area (Å²) in [5.74, 6) is 0.632. The number of hydrogen-bond acceptors (Lipinski definition) is 4. The lowest BCUT2D eigenvalue weighted by Gasteiger charge is -2.46. The molecule has 0 spiro atoms. The van der Waals surface area contributed by atoms with Gasteiger partial charge in [0.15, 0.2) is 6.61 Å². The summed E-state index contributed by atoms with van der Waals surface area (Å²) >= 11 is 0. The number of anilines is 2. The number of benzene rings is 4. The maximum Gasteiger partial charge on any atom is 0.262 e. The number of para-hydroxylation sites is 1. The molecular weight excluding hydrogens is 510 g/mol. The Morgan fingerprint density at radius 2 is 1.49 bits per heavy atom. The van der Waals surface area contributed by atoms with Crippen LogP contribution in [-0.2, 0) is 11.3 Å². The van der Waals surface area contributed by atoms with Gasteiger partial charge in [0.05, 0.1) is 11.3 Å². The monoisotopic (exact) mass is 545 g/mol. The summed E-state index contributed by atoms with van der Waals surface area (Å²) in [6.07, 6.45) is 2.91. The highest BCUT2D eigenvalue weighted by Crippen LogP contribution is 2.42. The van der Waals surface area contributed by atoms with Crippen LogP contribution in [0.25, 0.3) is 0 Å². The molecule has 0 bridgehead atoms. The van der Waals surface area contributed by atoms with E-state index in [1.165, 1.54) is 6.42 Å². The highest BCUT2D eigenvalue weighted by atomic mass is 16.5. The molecule has 4 aromatic rings. The lowest BCUT2D eigenvalue weighted by molar-refractivity contribution is -0.134. The number of rotatable bonds is 7. The first-order chi connectivity index (χ1) is 20.1. The predicted octanol–water partition coefficient (Wildman–Crippen LogP) is 6.75. The van der Waals surface area contributed by atoms with Crippen molar-refractivity contribution in [2.24, 2.45) is 0 Å². The molecule has 1 saturated heterocycles. The number of piperidine rings is 1. The van der Waals surface area contributed by atoms with Crippen LogP contribution >= 0.6 is 0 Å². The average Bonchev–Trinajstić information content (AvgIpc) is 3.03. The van der Waals surface area contributed by atoms with Crippen molar-refractivity contribution in [2.75, 3.05) is 29.5 Å². The van der Waals surface area contributed by atoms with E-state index in [0.717, 1.165) is 54.0 Å². The molecule has 0 N–H and O–H groups in total. The molecule has 0 unspecified atom stereocenters. The topological polar surface area (TPSA) is 53.1 Å². The molecule has 0 aliphatic carbocycles. The van der Waals surface area contributed by atoms with Crippen LogP contribution in [0.3, 0.4) is 0 Å². The molecule has 4 aromatic carbocycles. The van der Waals surface area contributed by atoms with E-state index >= 15 is 0 Å². The fraction of sp³-hybridized carbons (Fsp3) is 0.257. The van der Waals surface area contributed by atoms with E-state index in [2.05, 4.69) is 17.0 Å². The van der Waals surface area contributed by atoms with Gasteiger partial charge in [-0.15, -0.1) is 0 Å². The number of hydrogen-bond donors (Lipinski definition) is 0. The highest BCUT2D eigenvalue weighted by molar-refractivity contribution is 6.12. The lowest BCUT2D eigenvalue weighted by Crippen LogP contribution is -2.49. The molecule has 2 aliphatic heterocycles. The zero-order valence-corrected chi connectivity index (χ0v) is 23.4. The number of amides is 2. The van der Waals surface area contributed by atoms with Crippen molar-refractivity contribution in [3.63, 3.8) is 0 Å². The van der Waals surface area contributed by atoms with Gasteiger partial charge in [0.2, 0.25) is 0 Å². The first-order valence-electron chi connectivity index (χ1n) is 14.4. The lowest BCUT2D eigenvalue weighted by atomic mass is 9.99. The van der Waals surface area contributed by atoms with Gasteiger partial charge in [-0.3, -0.25) is 14.5 Å². The van der Waals surface area contributed by atoms with Crippen molar-refractivity contribution in [1.82, 2.24) is 4.90 Å². The summed E-state index contributed by atoms with van der Waals surface area (Å²) in [5, 5.41) is 0. The second-order valence-corrected chi connectivity index (χ2v) is 10.8. The number of carbonyl (C=O) groups is 2. The molecule has 6 nitrogen and oxygen atoms in total. The van der Waals surface area contributed by atoms with E-state index in [1.54, 1.807) is 0 Å². The molecule has 0 saturated carbocycles. The smallest absolute Gasteiger partial charge is 0.262 e. The van der Waals surface area contributed by atoms with Crippen molar-refractivity contribution < 1.29 is 14.3 Å². The standard InChI is InChI=1S/C35H35N3O3/c1-26-14-18-29(19-15-26)38-34(28-16-20-30(21-17-28)41-25-33(39)36-22-8-3-9-23-36)37(24-27-10-4-2-5-11-27)32-13-7-6-12-31(32)35(38)40/h2,4-7,10-21,34H,3,8-9,22-25H2,1H3/t34-/m1/s1. The first-order valence-corrected chi connectivity index (χ1v) is 14.4. The normalized spacial score (nSPS) is 16.9. The van der Waals surface area contributed by atoms with Crippen LogP contribution in [0, 0.1) is 6.92 Å². The van der Waals surface area contributed by atoms with Crippen LogP contribution < -0.4 is 14.5 Å². The summed E-state index contributed by atoms with van der Waals surface area (Å²) < 4.78 is 5.90. The third kappa shape index (κ3) is 5.68. The summed E-state index contributed by atoms with van der Waals surface area (Å²) in [6.45, 7) is 4.32. The number of aryl methyl sites for hydroxylation is 1. The van der Waals surface area contributed by atoms with Crippen LogP contribution in [0.15, 0.2) is 103 Å². The molecule has 2 aliphatic rings. The number of fused-ring (bicyclic) bond motifs is 1. The molecule has 1 atom stereocenters. The molecule has 6 rings (SSSR count). The predicted molar refractivity (Wildman–Crippen MR) is 162 cm³/mol. The largest absolute Gasteiger partial charge is 0.484 e. The average molecular weight is 546 g/mol. The zero-order valence-electron chi connectivity index (χ0n) is 23.4. The molecule has 2 heterocycles. The second kappa shape index (κ2) is 11.9. The summed E-state index contributed by atoms with van der Waals surface area (Å²) in [4.78, 5) is 32.8. The van der Waals surface area contributed by atoms with E-state index in [1.807, 2.05) is 108 Å². The minimum Gasteiger partial charge on any atom is -0.484 e. The number of ether oxygens (including phenoxy) is 1. The minimum atomic E-state index is -0.385. The Balaban J connectivity index is 1.35. The first kappa shape index (κ1) is 26.6. The maximum absolute atomic E-state index is 14.1. The van der Waals surface area contributed by atoms with E-state index in [-0.39, 0.29) is 24.6 Å². The van der Waals surface area contributed by atoms with Gasteiger partial charge in [0.25, 0.3) is 11.8 Å². The fourth-order valence-corrected chi connectivity index (χ4v) is 5.78. The summed E-state index contributed by atoms with van der Waals surface area (Å²) in [6, 6.07) is 34.1. The molecule has 41 heavy (non-hydrogen) atoms. The van der Waals surface area contributed by atoms with Crippen molar-refractivity contribution >= 4 is 23.2 Å². The zero-order chi connectivity index (χ0) is 28.2. The molecule has 1 fully saturated rings. The second-order valence-electron chi connectivity index (χ2n) is 10.8. The van der Waals surface area contributed by atoms with Gasteiger partial charge in [-0.1, -0.05) is 72.3 Å². The quantitative estimate of drug-likeness (QED) is 0.258. The molecule has 2 amide bonds. The summed E-state index contributed by atoms with van der Waals surface area (Å²) in [5.41, 5.74) is 5.67. The number of nitrogens with zero attached hydrogens (tertiary/aromatic N) is 3. The van der Waals surface area contributed by atoms with Gasteiger partial charge in [-0.25, -0.2) is 0 Å². The third-order valence-corrected chi connectivity index (χ3v) is 7.96. The summed E-state index contributed by atoms with van der Waals surface area (Å²) in [7, 11) is 0. The van der Waals surface area contributed by atoms with Gasteiger partial charge >= 0.3 is 0 Å². The van der Waals surface area contributed by atoms with Crippen molar-refractivity contribution in [2.45, 2.75) is 38.9 Å². The Kier molecular flexibility index (Phi) is 7.72. The van der Waals surface area contributed by atoms with Crippen molar-refractivity contribution in [3.05, 3.63) is 125 Å². The van der Waals surface area contributed by atoms with E-state index in [9.17, 15) is 9.59 Å². The molecule has 0 aromatic heterocycles. The Hall–Kier alpha value is -4.58. The van der Waals surface area contributed by atoms with Crippen LogP contribution in [0.1, 0.15) is 52.5 Å². The Morgan fingerprint density at radius 3 is 2.22 bits per heavy atom. The van der Waals surface area contributed by atoms with E-state index < -0.39 is 0 Å². The number of likely N-dealkylation sites (tertiary alicyclic amines) is 1. The van der Waals surface area contributed by atoms with Crippen molar-refractivity contribution in [1.29, 1.82) is 0 Å². The third-order valence-electron chi connectivity index (χ3n) is 7.96. The van der Waals surface area contributed by atoms with Crippen LogP contribution in [0.2, 0.25) is 0 Å². The van der Waals surface area contributed by atoms with Gasteiger partial charge in [-0.05, 0) is 73.7 Å². The Labute approximate surface area is 241 Å². The van der Waals surface area contributed by atoms with Gasteiger partial charge in [0.1, 0.15) is 11.9 Å². The Morgan fingerprint density at radius 1 is 0.805 bits per heavy atom. The molecule has 0 radical (unpaired) electrons.